The number of likely N-dealkylation sites (N-methyl/N-ethyl adjacent to an activating group) is 1. The molecule has 6 N–H and O–H groups in total. The average Bonchev–Trinajstić information content (AvgIpc) is 1.30. The van der Waals surface area contributed by atoms with E-state index in [2.05, 4.69) is 110 Å². The topological polar surface area (TPSA) is 451 Å². The van der Waals surface area contributed by atoms with E-state index in [0.717, 1.165) is 76.4 Å². The molecule has 3 radical (unpaired) electrons. The van der Waals surface area contributed by atoms with Crippen molar-refractivity contribution in [1.29, 1.82) is 0 Å². The van der Waals surface area contributed by atoms with Crippen molar-refractivity contribution in [2.75, 3.05) is 114 Å². The van der Waals surface area contributed by atoms with Crippen LogP contribution in [0.15, 0.2) is 165 Å². The van der Waals surface area contributed by atoms with Crippen molar-refractivity contribution in [2.45, 2.75) is 47.6 Å². The number of aryl methyl sites for hydroxylation is 3. The summed E-state index contributed by atoms with van der Waals surface area (Å²) in [7, 11) is 19.2. The number of aromatic hydroxyl groups is 1. The number of hydrogen-bond donors (Lipinski definition) is 6. The normalized spacial score (nSPS) is 10.9. The number of Topliss-reactive ketones (excluding diaryl/α,β-unsaturated/α-hetero) is 2. The Hall–Kier alpha value is -9.11. The van der Waals surface area contributed by atoms with Crippen LogP contribution in [0.25, 0.3) is 17.1 Å². The number of nitrogens with zero attached hydrogens (tertiary/aromatic N) is 13. The molecule has 659 valence electrons. The van der Waals surface area contributed by atoms with E-state index in [1.54, 1.807) is 111 Å². The number of methoxy groups -OCH3 is 6. The second-order valence-electron chi connectivity index (χ2n) is 25.3. The van der Waals surface area contributed by atoms with E-state index >= 15 is 0 Å². The predicted molar refractivity (Wildman–Crippen MR) is 469 cm³/mol. The molecule has 0 bridgehead atoms. The fourth-order valence-corrected chi connectivity index (χ4v) is 11.8. The van der Waals surface area contributed by atoms with Gasteiger partial charge in [0.15, 0.2) is 47.1 Å². The molecule has 38 nitrogen and oxygen atoms in total. The van der Waals surface area contributed by atoms with E-state index in [1.807, 2.05) is 138 Å². The number of ketones is 2. The molecule has 46 heteroatoms. The number of hydrogen-bond acceptors (Lipinski definition) is 35. The van der Waals surface area contributed by atoms with Crippen LogP contribution in [0.1, 0.15) is 71.6 Å². The molecule has 13 rings (SSSR count). The summed E-state index contributed by atoms with van der Waals surface area (Å²) in [6.07, 6.45) is 15.5. The summed E-state index contributed by atoms with van der Waals surface area (Å²) in [6.45, 7) is 9.31. The molecule has 0 saturated heterocycles. The van der Waals surface area contributed by atoms with Crippen molar-refractivity contribution < 1.29 is 265 Å². The number of halogens is 4. The quantitative estimate of drug-likeness (QED) is 0.0116. The van der Waals surface area contributed by atoms with E-state index < -0.39 is 17.9 Å². The summed E-state index contributed by atoms with van der Waals surface area (Å²) < 4.78 is 53.1. The van der Waals surface area contributed by atoms with E-state index in [4.69, 9.17) is 87.7 Å². The molecule has 7 heterocycles. The zero-order chi connectivity index (χ0) is 91.4. The number of anilines is 9. The summed E-state index contributed by atoms with van der Waals surface area (Å²) in [4.78, 5) is 113. The Morgan fingerprint density at radius 1 is 0.555 bits per heavy atom. The first-order valence-corrected chi connectivity index (χ1v) is 38.8. The van der Waals surface area contributed by atoms with Gasteiger partial charge in [-0.15, -0.1) is 0 Å². The standard InChI is InChI=1S/C25H25ClN6O4.C25H25ClN6O3.C16H18N6O2.C9H8BrClO2.C4H6O4.C2H3BO2.CH2O3.2Cs.Na.H/c1-15-12-32(14-29-15)20-8-5-16(9-22(20)35-4)30-25-28-11-23(24(27-2)31-25)36-13-21(33)18-10-17(34-3)6-7-19(18)26;1-15-12-32(14-28-15)20-8-5-16(9-22(20)34-4)29-25-27-11-23-24(30-25)31(2)21(13-35-23)18-10-17(33-3)6-7-19(18)26;1-10-8-22(9-19-10)12-5-4-11(6-14(12)24-3)20-16-18-7-13(23)15(17-2)21-16;1-13-6-2-3-8(11)7(4-6)9(12)5-10;1-3(5)7-8-4(2)6;1-2(4)5-3;2-1-4-3;;;;/h5-12,14H,13H2,1-4H3,(H2,27,28,30,31);5-12,14,21H,13H2,1-4H3,(H,27,29,30);4-9,23H,1-3H3,(H2,17,18,20,21);2-4H,5H2,1H3;1-2H3;1H3;1,3H;;;;/q;;;;;-1;;3*+1;-1/p-1. The number of carbonyl (C=O) groups excluding carboxylic acids is 6. The summed E-state index contributed by atoms with van der Waals surface area (Å²) in [5, 5.41) is 35.0. The molecule has 0 amide bonds. The molecule has 1 aliphatic rings. The minimum absolute atomic E-state index is 0. The van der Waals surface area contributed by atoms with E-state index in [0.29, 0.717) is 108 Å². The van der Waals surface area contributed by atoms with Crippen LogP contribution in [0.4, 0.5) is 52.4 Å². The van der Waals surface area contributed by atoms with Gasteiger partial charge in [-0.25, -0.2) is 49.3 Å². The van der Waals surface area contributed by atoms with Crippen LogP contribution < -0.4 is 242 Å². The molecule has 6 aromatic heterocycles. The second kappa shape index (κ2) is 57.1. The number of nitrogens with one attached hydrogen (secondary N) is 5. The van der Waals surface area contributed by atoms with Crippen molar-refractivity contribution in [3.8, 4) is 68.8 Å². The van der Waals surface area contributed by atoms with Gasteiger partial charge in [-0.3, -0.25) is 19.2 Å². The van der Waals surface area contributed by atoms with Crippen LogP contribution in [0.3, 0.4) is 0 Å². The summed E-state index contributed by atoms with van der Waals surface area (Å²) in [6, 6.07) is 32.4. The first-order valence-electron chi connectivity index (χ1n) is 36.6. The molecule has 1 atom stereocenters. The van der Waals surface area contributed by atoms with Gasteiger partial charge in [-0.2, -0.15) is 15.0 Å². The monoisotopic (exact) mass is 2130 g/mol. The molecular formula is C82H87BBrCl3Cs2N18NaO20. The van der Waals surface area contributed by atoms with E-state index in [-0.39, 0.29) is 211 Å². The van der Waals surface area contributed by atoms with Crippen LogP contribution in [0, 0.1) is 20.8 Å². The van der Waals surface area contributed by atoms with Gasteiger partial charge in [0.1, 0.15) is 41.1 Å². The molecular weight excluding hydrogens is 2040 g/mol. The first-order chi connectivity index (χ1) is 60.0. The molecule has 0 saturated carbocycles. The van der Waals surface area contributed by atoms with Crippen molar-refractivity contribution in [1.82, 2.24) is 58.6 Å². The Labute approximate surface area is 902 Å². The second-order valence-corrected chi connectivity index (χ2v) is 27.0. The van der Waals surface area contributed by atoms with Crippen LogP contribution >= 0.6 is 50.7 Å². The van der Waals surface area contributed by atoms with Crippen LogP contribution in [-0.4, -0.2) is 190 Å². The Morgan fingerprint density at radius 2 is 0.945 bits per heavy atom. The average molecular weight is 2130 g/mol. The third-order valence-corrected chi connectivity index (χ3v) is 18.2. The van der Waals surface area contributed by atoms with Gasteiger partial charge in [0, 0.05) is 117 Å². The van der Waals surface area contributed by atoms with Gasteiger partial charge in [0.05, 0.1) is 136 Å². The van der Waals surface area contributed by atoms with Crippen molar-refractivity contribution >= 4 is 147 Å². The molecule has 0 fully saturated rings. The largest absolute Gasteiger partial charge is 1.00 e. The van der Waals surface area contributed by atoms with Gasteiger partial charge < -0.3 is 112 Å². The zero-order valence-electron chi connectivity index (χ0n) is 74.0. The van der Waals surface area contributed by atoms with Crippen LogP contribution in [0.5, 0.6) is 51.7 Å². The number of carbonyl (C=O) groups is 6. The Kier molecular flexibility index (Phi) is 49.7. The molecule has 1 aliphatic heterocycles. The number of fused-ring (bicyclic) bond motifs is 1. The van der Waals surface area contributed by atoms with E-state index in [9.17, 15) is 29.1 Å². The van der Waals surface area contributed by atoms with Gasteiger partial charge in [-0.1, -0.05) is 50.7 Å². The maximum atomic E-state index is 12.7. The number of alkyl halides is 1. The minimum Gasteiger partial charge on any atom is -1.00 e. The third kappa shape index (κ3) is 34.0. The molecule has 1 unspecified atom stereocenters. The number of imidazole rings is 3. The Balaban J connectivity index is 0.000000428. The summed E-state index contributed by atoms with van der Waals surface area (Å²) in [5.74, 6) is 5.31. The summed E-state index contributed by atoms with van der Waals surface area (Å²) in [5.41, 5.74) is 9.35. The third-order valence-electron chi connectivity index (χ3n) is 16.7. The minimum atomic E-state index is -0.639. The van der Waals surface area contributed by atoms with E-state index in [1.165, 1.54) is 26.4 Å². The predicted octanol–water partition coefficient (Wildman–Crippen LogP) is 4.26. The van der Waals surface area contributed by atoms with Gasteiger partial charge in [-0.05, 0) is 112 Å². The SMILES string of the molecule is CC(=O)OOC(C)=O.CNc1nc(Nc2ccc(-n3cnc(C)c3)c(OC)c2)ncc1O.CNc1nc(Nc2ccc(-n3cnc(C)c3)c(OC)c2)ncc1OCC(=O)c1cc(OC)ccc1Cl.COc1ccc(Cl)c(C(=O)CBr)c1.COc1ccc(Cl)c(C2COc3cnc(Nc4ccc(-n5cnc(C)c5)c(OC)c4)nc3N2C)c1.O=CO[O-].[B-]OC(C)=O.[Cs+].[Cs+].[H-].[Na+]. The van der Waals surface area contributed by atoms with Gasteiger partial charge in [0.25, 0.3) is 6.47 Å². The molecule has 12 aromatic rings. The van der Waals surface area contributed by atoms with Crippen LogP contribution in [-0.2, 0) is 38.5 Å². The maximum absolute atomic E-state index is 12.7. The number of rotatable bonds is 25. The van der Waals surface area contributed by atoms with Crippen molar-refractivity contribution in [2.24, 2.45) is 0 Å². The molecule has 0 spiro atoms. The maximum Gasteiger partial charge on any atom is 1.00 e. The zero-order valence-corrected chi connectivity index (χ0v) is 91.4. The number of ether oxygens (including phenoxy) is 8. The van der Waals surface area contributed by atoms with Crippen LogP contribution in [0.2, 0.25) is 15.1 Å². The first kappa shape index (κ1) is 111. The van der Waals surface area contributed by atoms with Crippen molar-refractivity contribution in [3.05, 3.63) is 214 Å². The van der Waals surface area contributed by atoms with Gasteiger partial charge in [0.2, 0.25) is 29.6 Å². The van der Waals surface area contributed by atoms with Gasteiger partial charge >= 0.3 is 179 Å². The number of benzene rings is 6. The fraction of sp³-hybridized carbons (Fsp3) is 0.232. The number of aromatic nitrogens is 12. The molecule has 6 aromatic carbocycles. The Bertz CT molecular complexity index is 5680. The van der Waals surface area contributed by atoms with Crippen molar-refractivity contribution in [3.63, 3.8) is 0 Å². The fourth-order valence-electron chi connectivity index (χ4n) is 10.8. The summed E-state index contributed by atoms with van der Waals surface area (Å²) >= 11 is 21.6. The smallest absolute Gasteiger partial charge is 1.00 e. The molecule has 128 heavy (non-hydrogen) atoms. The Morgan fingerprint density at radius 3 is 1.32 bits per heavy atom. The molecule has 0 aliphatic carbocycles.